The number of amides is 2. The van der Waals surface area contributed by atoms with Crippen molar-refractivity contribution in [3.05, 3.63) is 29.6 Å². The van der Waals surface area contributed by atoms with Gasteiger partial charge in [0.05, 0.1) is 18.6 Å². The summed E-state index contributed by atoms with van der Waals surface area (Å²) in [6, 6.07) is 4.91. The number of fused-ring (bicyclic) bond motifs is 1. The Balaban J connectivity index is 1.39. The van der Waals surface area contributed by atoms with E-state index < -0.39 is 11.2 Å². The zero-order valence-corrected chi connectivity index (χ0v) is 18.3. The Hall–Kier alpha value is -2.19. The lowest BCUT2D eigenvalue weighted by Crippen LogP contribution is -2.53. The van der Waals surface area contributed by atoms with E-state index in [1.807, 2.05) is 6.92 Å². The number of carbonyl (C=O) groups excluding carboxylic acids is 2. The van der Waals surface area contributed by atoms with Gasteiger partial charge in [-0.3, -0.25) is 4.79 Å². The maximum atomic E-state index is 13.9. The van der Waals surface area contributed by atoms with Gasteiger partial charge in [0.1, 0.15) is 5.82 Å². The fourth-order valence-corrected chi connectivity index (χ4v) is 5.30. The number of hydrogen-bond donors (Lipinski definition) is 1. The lowest BCUT2D eigenvalue weighted by atomic mass is 9.84. The summed E-state index contributed by atoms with van der Waals surface area (Å²) in [5, 5.41) is 9.94. The Morgan fingerprint density at radius 1 is 1.16 bits per heavy atom. The van der Waals surface area contributed by atoms with Gasteiger partial charge in [0.15, 0.2) is 0 Å². The molecule has 2 amide bonds. The van der Waals surface area contributed by atoms with Gasteiger partial charge in [-0.2, -0.15) is 0 Å². The zero-order chi connectivity index (χ0) is 22.2. The minimum atomic E-state index is -1.09. The molecule has 3 aliphatic rings. The van der Waals surface area contributed by atoms with Crippen LogP contribution < -0.4 is 4.90 Å². The van der Waals surface area contributed by atoms with Crippen molar-refractivity contribution in [3.63, 3.8) is 0 Å². The summed E-state index contributed by atoms with van der Waals surface area (Å²) >= 11 is 0. The lowest BCUT2D eigenvalue weighted by Gasteiger charge is -2.43. The maximum Gasteiger partial charge on any atom is 0.409 e. The molecule has 0 saturated carbocycles. The van der Waals surface area contributed by atoms with Gasteiger partial charge in [-0.05, 0) is 63.3 Å². The first kappa shape index (κ1) is 22.0. The van der Waals surface area contributed by atoms with Crippen LogP contribution in [0.5, 0.6) is 0 Å². The van der Waals surface area contributed by atoms with Crippen LogP contribution in [-0.4, -0.2) is 78.4 Å². The Morgan fingerprint density at radius 3 is 2.42 bits per heavy atom. The van der Waals surface area contributed by atoms with Crippen molar-refractivity contribution < 1.29 is 23.8 Å². The molecule has 2 fully saturated rings. The number of benzene rings is 1. The Labute approximate surface area is 182 Å². The Bertz CT molecular complexity index is 834. The fourth-order valence-electron chi connectivity index (χ4n) is 5.30. The predicted octanol–water partition coefficient (Wildman–Crippen LogP) is 2.51. The molecular formula is C23H32FN3O4. The average Bonchev–Trinajstić information content (AvgIpc) is 3.01. The van der Waals surface area contributed by atoms with E-state index in [4.69, 9.17) is 4.74 Å². The second kappa shape index (κ2) is 8.74. The van der Waals surface area contributed by atoms with Crippen molar-refractivity contribution in [3.8, 4) is 0 Å². The second-order valence-corrected chi connectivity index (χ2v) is 9.01. The third kappa shape index (κ3) is 3.91. The molecule has 1 aromatic carbocycles. The number of piperidine rings is 2. The summed E-state index contributed by atoms with van der Waals surface area (Å²) in [5.74, 6) is -0.533. The highest BCUT2D eigenvalue weighted by Crippen LogP contribution is 2.44. The van der Waals surface area contributed by atoms with Crippen LogP contribution in [-0.2, 0) is 14.9 Å². The summed E-state index contributed by atoms with van der Waals surface area (Å²) in [5.41, 5.74) is 0.215. The molecule has 0 aliphatic carbocycles. The minimum absolute atomic E-state index is 0.0426. The molecule has 4 rings (SSSR count). The molecule has 170 valence electrons. The molecule has 2 saturated heterocycles. The van der Waals surface area contributed by atoms with Crippen LogP contribution in [0, 0.1) is 5.82 Å². The first-order valence-electron chi connectivity index (χ1n) is 11.3. The van der Waals surface area contributed by atoms with Crippen LogP contribution in [0.4, 0.5) is 14.9 Å². The standard InChI is InChI=1S/C23H32FN3O4/c1-3-31-22(30)26-12-6-17(7-13-26)25-10-8-18(9-11-25)27-20-5-4-16(24)14-19(20)23(2,15-28)21(27)29/h4-5,14,17-18,28H,3,6-13,15H2,1-2H3. The number of aliphatic hydroxyl groups excluding tert-OH is 1. The molecule has 7 nitrogen and oxygen atoms in total. The molecule has 8 heteroatoms. The molecular weight excluding hydrogens is 401 g/mol. The van der Waals surface area contributed by atoms with Gasteiger partial charge in [-0.1, -0.05) is 0 Å². The summed E-state index contributed by atoms with van der Waals surface area (Å²) in [6.45, 7) is 6.75. The van der Waals surface area contributed by atoms with Crippen molar-refractivity contribution in [2.24, 2.45) is 0 Å². The Morgan fingerprint density at radius 2 is 1.81 bits per heavy atom. The van der Waals surface area contributed by atoms with Crippen molar-refractivity contribution in [1.29, 1.82) is 0 Å². The molecule has 0 aromatic heterocycles. The highest BCUT2D eigenvalue weighted by atomic mass is 19.1. The number of aliphatic hydroxyl groups is 1. The highest BCUT2D eigenvalue weighted by molar-refractivity contribution is 6.08. The van der Waals surface area contributed by atoms with E-state index >= 15 is 0 Å². The largest absolute Gasteiger partial charge is 0.450 e. The monoisotopic (exact) mass is 433 g/mol. The van der Waals surface area contributed by atoms with Crippen LogP contribution in [0.2, 0.25) is 0 Å². The molecule has 1 aromatic rings. The normalized spacial score (nSPS) is 25.7. The molecule has 3 aliphatic heterocycles. The van der Waals surface area contributed by atoms with Crippen LogP contribution in [0.15, 0.2) is 18.2 Å². The van der Waals surface area contributed by atoms with Gasteiger partial charge in [0.2, 0.25) is 5.91 Å². The lowest BCUT2D eigenvalue weighted by molar-refractivity contribution is -0.124. The van der Waals surface area contributed by atoms with Gasteiger partial charge < -0.3 is 24.5 Å². The minimum Gasteiger partial charge on any atom is -0.450 e. The summed E-state index contributed by atoms with van der Waals surface area (Å²) < 4.78 is 19.0. The maximum absolute atomic E-state index is 13.9. The van der Waals surface area contributed by atoms with Crippen LogP contribution in [0.3, 0.4) is 0 Å². The Kier molecular flexibility index (Phi) is 6.21. The number of ether oxygens (including phenoxy) is 1. The van der Waals surface area contributed by atoms with Crippen LogP contribution >= 0.6 is 0 Å². The van der Waals surface area contributed by atoms with Crippen LogP contribution in [0.1, 0.15) is 45.1 Å². The van der Waals surface area contributed by atoms with Gasteiger partial charge in [0, 0.05) is 44.0 Å². The van der Waals surface area contributed by atoms with Crippen molar-refractivity contribution in [2.75, 3.05) is 44.3 Å². The highest BCUT2D eigenvalue weighted by Gasteiger charge is 2.49. The first-order valence-corrected chi connectivity index (χ1v) is 11.3. The average molecular weight is 434 g/mol. The number of halogens is 1. The van der Waals surface area contributed by atoms with E-state index in [-0.39, 0.29) is 24.6 Å². The van der Waals surface area contributed by atoms with Gasteiger partial charge in [-0.15, -0.1) is 0 Å². The number of hydrogen-bond acceptors (Lipinski definition) is 5. The third-order valence-electron chi connectivity index (χ3n) is 7.19. The van der Waals surface area contributed by atoms with E-state index in [0.29, 0.717) is 31.3 Å². The quantitative estimate of drug-likeness (QED) is 0.790. The van der Waals surface area contributed by atoms with Crippen LogP contribution in [0.25, 0.3) is 0 Å². The molecule has 1 atom stereocenters. The summed E-state index contributed by atoms with van der Waals surface area (Å²) in [7, 11) is 0. The number of nitrogens with zero attached hydrogens (tertiary/aromatic N) is 3. The fraction of sp³-hybridized carbons (Fsp3) is 0.652. The molecule has 31 heavy (non-hydrogen) atoms. The molecule has 0 spiro atoms. The number of rotatable bonds is 4. The zero-order valence-electron chi connectivity index (χ0n) is 18.3. The van der Waals surface area contributed by atoms with E-state index in [9.17, 15) is 19.1 Å². The smallest absolute Gasteiger partial charge is 0.409 e. The predicted molar refractivity (Wildman–Crippen MR) is 115 cm³/mol. The van der Waals surface area contributed by atoms with E-state index in [0.717, 1.165) is 44.5 Å². The summed E-state index contributed by atoms with van der Waals surface area (Å²) in [6.07, 6.45) is 3.30. The van der Waals surface area contributed by atoms with E-state index in [2.05, 4.69) is 4.90 Å². The SMILES string of the molecule is CCOC(=O)N1CCC(N2CCC(N3C(=O)C(C)(CO)c4cc(F)ccc43)CC2)CC1. The van der Waals surface area contributed by atoms with Crippen molar-refractivity contribution >= 4 is 17.7 Å². The molecule has 1 N–H and O–H groups in total. The molecule has 0 bridgehead atoms. The second-order valence-electron chi connectivity index (χ2n) is 9.01. The van der Waals surface area contributed by atoms with E-state index in [1.54, 1.807) is 22.8 Å². The summed E-state index contributed by atoms with van der Waals surface area (Å²) in [4.78, 5) is 31.2. The van der Waals surface area contributed by atoms with Crippen molar-refractivity contribution in [2.45, 2.75) is 57.0 Å². The van der Waals surface area contributed by atoms with E-state index in [1.165, 1.54) is 12.1 Å². The number of likely N-dealkylation sites (tertiary alicyclic amines) is 2. The van der Waals surface area contributed by atoms with Crippen molar-refractivity contribution in [1.82, 2.24) is 9.80 Å². The first-order chi connectivity index (χ1) is 14.9. The molecule has 0 radical (unpaired) electrons. The molecule has 1 unspecified atom stereocenters. The molecule has 3 heterocycles. The van der Waals surface area contributed by atoms with Gasteiger partial charge in [-0.25, -0.2) is 9.18 Å². The third-order valence-corrected chi connectivity index (χ3v) is 7.19. The number of carbonyl (C=O) groups is 2. The topological polar surface area (TPSA) is 73.3 Å². The number of anilines is 1. The van der Waals surface area contributed by atoms with Gasteiger partial charge >= 0.3 is 6.09 Å². The van der Waals surface area contributed by atoms with Gasteiger partial charge in [0.25, 0.3) is 0 Å².